The largest absolute Gasteiger partial charge is 0.391 e. The molecule has 0 aliphatic carbocycles. The van der Waals surface area contributed by atoms with Crippen LogP contribution < -0.4 is 71.2 Å². The monoisotopic (exact) mass is 1230 g/mol. The minimum atomic E-state index is -1.68. The van der Waals surface area contributed by atoms with Crippen molar-refractivity contribution in [3.05, 3.63) is 90.1 Å². The van der Waals surface area contributed by atoms with E-state index in [-0.39, 0.29) is 70.3 Å². The van der Waals surface area contributed by atoms with Crippen LogP contribution in [-0.2, 0) is 54.4 Å². The van der Waals surface area contributed by atoms with Gasteiger partial charge in [-0.05, 0) is 102 Å². The second-order valence-electron chi connectivity index (χ2n) is 22.2. The van der Waals surface area contributed by atoms with Gasteiger partial charge in [0.2, 0.25) is 47.3 Å². The van der Waals surface area contributed by atoms with Crippen LogP contribution in [0.1, 0.15) is 101 Å². The number of aromatic nitrogens is 1. The summed E-state index contributed by atoms with van der Waals surface area (Å²) in [6, 6.07) is 10.4. The van der Waals surface area contributed by atoms with Crippen LogP contribution in [-0.4, -0.2) is 174 Å². The number of nitrogens with zero attached hydrogens (tertiary/aromatic N) is 1. The first-order valence-electron chi connectivity index (χ1n) is 29.9. The van der Waals surface area contributed by atoms with Gasteiger partial charge >= 0.3 is 0 Å². The summed E-state index contributed by atoms with van der Waals surface area (Å²) in [7, 11) is 0. The second-order valence-corrected chi connectivity index (χ2v) is 22.2. The number of benzene rings is 2. The fourth-order valence-electron chi connectivity index (χ4n) is 9.99. The van der Waals surface area contributed by atoms with Crippen LogP contribution in [0.2, 0.25) is 0 Å². The molecular weight excluding hydrogens is 1140 g/mol. The van der Waals surface area contributed by atoms with E-state index in [0.717, 1.165) is 5.56 Å². The summed E-state index contributed by atoms with van der Waals surface area (Å²) in [4.78, 5) is 160. The predicted molar refractivity (Wildman–Crippen MR) is 326 cm³/mol. The molecule has 2 heterocycles. The van der Waals surface area contributed by atoms with Crippen LogP contribution in [0.25, 0.3) is 11.3 Å². The summed E-state index contributed by atoms with van der Waals surface area (Å²) in [6.45, 7) is 4.57. The normalized spacial score (nSPS) is 22.5. The number of hydrogen-bond donors (Lipinski definition) is 15. The molecule has 482 valence electrons. The fraction of sp³-hybridized carbons (Fsp3) is 0.541. The maximum absolute atomic E-state index is 14.6. The van der Waals surface area contributed by atoms with Crippen molar-refractivity contribution >= 4 is 64.6 Å². The molecule has 1 aromatic heterocycles. The Morgan fingerprint density at radius 3 is 1.75 bits per heavy atom. The highest BCUT2D eigenvalue weighted by Crippen LogP contribution is 2.24. The number of ketones is 3. The molecule has 88 heavy (non-hydrogen) atoms. The van der Waals surface area contributed by atoms with Crippen molar-refractivity contribution in [1.82, 2.24) is 47.5 Å². The number of hydrogen-bond acceptors (Lipinski definition) is 19. The molecule has 2 aromatic carbocycles. The Labute approximate surface area is 512 Å². The van der Waals surface area contributed by atoms with Gasteiger partial charge in [-0.1, -0.05) is 80.9 Å². The lowest BCUT2D eigenvalue weighted by Crippen LogP contribution is -2.60. The highest BCUT2D eigenvalue weighted by atomic mass is 16.3. The van der Waals surface area contributed by atoms with Crippen LogP contribution in [0.3, 0.4) is 0 Å². The van der Waals surface area contributed by atoms with Crippen molar-refractivity contribution < 1.29 is 63.0 Å². The van der Waals surface area contributed by atoms with E-state index in [4.69, 9.17) is 28.7 Å². The van der Waals surface area contributed by atoms with Gasteiger partial charge in [0.25, 0.3) is 0 Å². The van der Waals surface area contributed by atoms with E-state index in [2.05, 4.69) is 47.5 Å². The molecule has 0 bridgehead atoms. The molecule has 20 N–H and O–H groups in total. The van der Waals surface area contributed by atoms with Gasteiger partial charge in [-0.25, -0.2) is 0 Å². The third-order valence-corrected chi connectivity index (χ3v) is 15.5. The Balaban J connectivity index is 1.68. The SMILES string of the molecule is CC[C@H](C)[C@@H]1CC(=O)[C@@H](Cc2ccccc2)NC(=O)[C@H](CCN)NC(=O)[C@@H](NC(=O)[C@H](CN)CC(=O)[C@@H](NC(=O)[C@H](CCN)CC(=O)c2ccnc(-c3ccccc3)c2)[C@@H](C)O)CCNC(=O)[C@H]([C@@H](C)O)NC(=O)[C@H](CCN)NC(=O)[C@H](CCN)NC1=O. The minimum absolute atomic E-state index is 0.0186. The van der Waals surface area contributed by atoms with Gasteiger partial charge in [0.15, 0.2) is 17.3 Å². The first kappa shape index (κ1) is 72.6. The van der Waals surface area contributed by atoms with Gasteiger partial charge < -0.3 is 81.4 Å². The van der Waals surface area contributed by atoms with E-state index in [9.17, 15) is 63.0 Å². The molecule has 1 aliphatic rings. The third-order valence-electron chi connectivity index (χ3n) is 15.5. The van der Waals surface area contributed by atoms with Gasteiger partial charge in [-0.15, -0.1) is 0 Å². The summed E-state index contributed by atoms with van der Waals surface area (Å²) in [5.41, 5.74) is 31.9. The molecule has 1 fully saturated rings. The number of nitrogens with two attached hydrogens (primary N) is 5. The molecule has 0 unspecified atom stereocenters. The molecule has 3 aromatic rings. The fourth-order valence-corrected chi connectivity index (χ4v) is 9.99. The zero-order valence-electron chi connectivity index (χ0n) is 50.5. The summed E-state index contributed by atoms with van der Waals surface area (Å²) < 4.78 is 0. The number of amides is 8. The predicted octanol–water partition coefficient (Wildman–Crippen LogP) is -2.59. The Hall–Kier alpha value is -7.92. The zero-order valence-corrected chi connectivity index (χ0v) is 50.5. The Morgan fingerprint density at radius 1 is 0.648 bits per heavy atom. The van der Waals surface area contributed by atoms with Gasteiger partial charge in [0.05, 0.1) is 29.9 Å². The number of aliphatic hydroxyl groups excluding tert-OH is 2. The number of carbonyl (C=O) groups is 11. The van der Waals surface area contributed by atoms with Gasteiger partial charge in [0.1, 0.15) is 36.3 Å². The minimum Gasteiger partial charge on any atom is -0.391 e. The summed E-state index contributed by atoms with van der Waals surface area (Å²) in [6.07, 6.45) is -3.64. The van der Waals surface area contributed by atoms with Crippen molar-refractivity contribution in [2.24, 2.45) is 52.3 Å². The van der Waals surface area contributed by atoms with Crippen LogP contribution in [0.5, 0.6) is 0 Å². The number of aliphatic hydroxyl groups is 2. The lowest BCUT2D eigenvalue weighted by molar-refractivity contribution is -0.137. The molecule has 0 spiro atoms. The third kappa shape index (κ3) is 22.3. The lowest BCUT2D eigenvalue weighted by Gasteiger charge is -2.29. The lowest BCUT2D eigenvalue weighted by atomic mass is 9.84. The number of nitrogens with one attached hydrogen (secondary N) is 8. The van der Waals surface area contributed by atoms with Crippen molar-refractivity contribution in [3.8, 4) is 11.3 Å². The Morgan fingerprint density at radius 2 is 1.20 bits per heavy atom. The first-order chi connectivity index (χ1) is 42.0. The standard InChI is InChI=1S/C61H90N14O13/c1-5-34(2)42-32-50(79)48(28-37-12-8-6-9-13-37)73-58(85)44(18-24-64)71-59(86)46(21-27-68-61(88)53(36(4)77)75-60(87)45(19-25-65)72-57(84)43(17-23-63)70-56(42)83)69-55(82)41(33-66)31-51(80)52(35(3)76)74-54(81)40(16-22-62)30-49(78)39-20-26-67-47(29-39)38-14-10-7-11-15-38/h6-15,20,26,29,34-36,40-46,48,52-53,76-77H,5,16-19,21-25,27-28,30-33,62-66H2,1-4H3,(H,68,88)(H,69,82)(H,70,83)(H,71,86)(H,72,84)(H,73,85)(H,74,81)(H,75,87)/t34-,35+,36+,40+,41-,42-,43-,44-,45-,46-,48+,52-,53-/m0/s1. The zero-order chi connectivity index (χ0) is 65.0. The topological polar surface area (TPSA) is 467 Å². The molecule has 4 rings (SSSR count). The number of Topliss-reactive ketones (excluding diaryl/α,β-unsaturated/α-hetero) is 3. The van der Waals surface area contributed by atoms with Crippen LogP contribution >= 0.6 is 0 Å². The number of pyridine rings is 1. The highest BCUT2D eigenvalue weighted by Gasteiger charge is 2.38. The molecule has 27 heteroatoms. The van der Waals surface area contributed by atoms with E-state index < -0.39 is 175 Å². The van der Waals surface area contributed by atoms with Gasteiger partial charge in [-0.3, -0.25) is 57.7 Å². The quantitative estimate of drug-likeness (QED) is 0.0367. The summed E-state index contributed by atoms with van der Waals surface area (Å²) in [5.74, 6) is -13.0. The van der Waals surface area contributed by atoms with Crippen LogP contribution in [0.4, 0.5) is 0 Å². The van der Waals surface area contributed by atoms with E-state index in [0.29, 0.717) is 17.7 Å². The number of carbonyl (C=O) groups excluding carboxylic acids is 11. The molecule has 8 amide bonds. The average Bonchev–Trinajstić information content (AvgIpc) is 3.69. The molecule has 0 radical (unpaired) electrons. The van der Waals surface area contributed by atoms with E-state index in [1.165, 1.54) is 26.1 Å². The summed E-state index contributed by atoms with van der Waals surface area (Å²) >= 11 is 0. The van der Waals surface area contributed by atoms with Crippen LogP contribution in [0.15, 0.2) is 79.0 Å². The molecule has 1 aliphatic heterocycles. The highest BCUT2D eigenvalue weighted by molar-refractivity contribution is 6.01. The molecule has 1 saturated heterocycles. The molecular formula is C61H90N14O13. The van der Waals surface area contributed by atoms with E-state index >= 15 is 0 Å². The smallest absolute Gasteiger partial charge is 0.245 e. The van der Waals surface area contributed by atoms with E-state index in [1.807, 2.05) is 30.3 Å². The average molecular weight is 1230 g/mol. The molecule has 0 saturated carbocycles. The van der Waals surface area contributed by atoms with Gasteiger partial charge in [-0.2, -0.15) is 0 Å². The van der Waals surface area contributed by atoms with Crippen molar-refractivity contribution in [2.75, 3.05) is 39.3 Å². The van der Waals surface area contributed by atoms with Crippen molar-refractivity contribution in [1.29, 1.82) is 0 Å². The van der Waals surface area contributed by atoms with Crippen molar-refractivity contribution in [2.45, 2.75) is 146 Å². The van der Waals surface area contributed by atoms with Crippen LogP contribution in [0, 0.1) is 23.7 Å². The molecule has 27 nitrogen and oxygen atoms in total. The Bertz CT molecular complexity index is 2830. The van der Waals surface area contributed by atoms with E-state index in [1.54, 1.807) is 50.2 Å². The second kappa shape index (κ2) is 37.0. The van der Waals surface area contributed by atoms with Gasteiger partial charge in [0, 0.05) is 61.5 Å². The first-order valence-corrected chi connectivity index (χ1v) is 29.9. The maximum Gasteiger partial charge on any atom is 0.245 e. The number of rotatable bonds is 26. The van der Waals surface area contributed by atoms with Crippen molar-refractivity contribution in [3.63, 3.8) is 0 Å². The molecule has 13 atom stereocenters. The maximum atomic E-state index is 14.6. The summed E-state index contributed by atoms with van der Waals surface area (Å²) in [5, 5.41) is 42.3. The Kier molecular flexibility index (Phi) is 30.5.